The van der Waals surface area contributed by atoms with Gasteiger partial charge in [-0.3, -0.25) is 4.79 Å². The first-order valence-electron chi connectivity index (χ1n) is 8.63. The standard InChI is InChI=1S/C20H20N2O3S2/c21-12-16-5-4-6-17(11-16)13-26-14-20(23)22(18-7-2-1-3-8-18)19-9-10-27(24,25)15-19/h1-8,11,19H,9-10,13-15H2/t19-/m1/s1. The van der Waals surface area contributed by atoms with E-state index < -0.39 is 9.84 Å². The number of carbonyl (C=O) groups is 1. The minimum absolute atomic E-state index is 0.0164. The number of sulfone groups is 1. The Bertz CT molecular complexity index is 953. The van der Waals surface area contributed by atoms with Crippen LogP contribution in [0.2, 0.25) is 0 Å². The summed E-state index contributed by atoms with van der Waals surface area (Å²) in [5.41, 5.74) is 2.32. The highest BCUT2D eigenvalue weighted by atomic mass is 32.2. The number of benzene rings is 2. The van der Waals surface area contributed by atoms with Crippen LogP contribution in [0.3, 0.4) is 0 Å². The van der Waals surface area contributed by atoms with Gasteiger partial charge in [0.25, 0.3) is 0 Å². The lowest BCUT2D eigenvalue weighted by molar-refractivity contribution is -0.116. The lowest BCUT2D eigenvalue weighted by Gasteiger charge is -2.28. The van der Waals surface area contributed by atoms with Gasteiger partial charge in [-0.05, 0) is 36.2 Å². The fraction of sp³-hybridized carbons (Fsp3) is 0.300. The first-order valence-corrected chi connectivity index (χ1v) is 11.6. The zero-order chi connectivity index (χ0) is 19.3. The number of nitriles is 1. The zero-order valence-corrected chi connectivity index (χ0v) is 16.4. The Morgan fingerprint density at radius 3 is 2.63 bits per heavy atom. The molecule has 5 nitrogen and oxygen atoms in total. The van der Waals surface area contributed by atoms with E-state index >= 15 is 0 Å². The smallest absolute Gasteiger partial charge is 0.237 e. The first-order chi connectivity index (χ1) is 13.0. The van der Waals surface area contributed by atoms with E-state index in [9.17, 15) is 13.2 Å². The molecule has 0 saturated carbocycles. The maximum Gasteiger partial charge on any atom is 0.237 e. The van der Waals surface area contributed by atoms with E-state index in [1.807, 2.05) is 48.5 Å². The Balaban J connectivity index is 1.69. The zero-order valence-electron chi connectivity index (χ0n) is 14.7. The molecule has 2 aromatic rings. The van der Waals surface area contributed by atoms with Crippen LogP contribution >= 0.6 is 11.8 Å². The molecule has 2 aromatic carbocycles. The van der Waals surface area contributed by atoms with E-state index in [1.54, 1.807) is 11.0 Å². The summed E-state index contributed by atoms with van der Waals surface area (Å²) in [5.74, 6) is 0.921. The monoisotopic (exact) mass is 400 g/mol. The van der Waals surface area contributed by atoms with Crippen molar-refractivity contribution in [3.63, 3.8) is 0 Å². The SMILES string of the molecule is N#Cc1cccc(CSCC(=O)N(c2ccccc2)[C@@H]2CCS(=O)(=O)C2)c1. The summed E-state index contributed by atoms with van der Waals surface area (Å²) in [4.78, 5) is 14.6. The number of hydrogen-bond donors (Lipinski definition) is 0. The third-order valence-corrected chi connectivity index (χ3v) is 7.17. The largest absolute Gasteiger partial charge is 0.308 e. The molecular formula is C20H20N2O3S2. The molecule has 1 amide bonds. The second kappa shape index (κ2) is 8.59. The molecule has 1 fully saturated rings. The number of anilines is 1. The summed E-state index contributed by atoms with van der Waals surface area (Å²) in [6, 6.07) is 18.4. The predicted octanol–water partition coefficient (Wildman–Crippen LogP) is 3.01. The van der Waals surface area contributed by atoms with E-state index in [0.29, 0.717) is 17.7 Å². The van der Waals surface area contributed by atoms with Crippen molar-refractivity contribution in [1.29, 1.82) is 5.26 Å². The highest BCUT2D eigenvalue weighted by Gasteiger charge is 2.35. The molecule has 1 atom stereocenters. The third-order valence-electron chi connectivity index (χ3n) is 4.43. The van der Waals surface area contributed by atoms with Crippen LogP contribution in [-0.2, 0) is 20.4 Å². The average molecular weight is 401 g/mol. The van der Waals surface area contributed by atoms with Gasteiger partial charge in [-0.2, -0.15) is 5.26 Å². The van der Waals surface area contributed by atoms with Crippen molar-refractivity contribution < 1.29 is 13.2 Å². The van der Waals surface area contributed by atoms with Gasteiger partial charge in [0.2, 0.25) is 5.91 Å². The van der Waals surface area contributed by atoms with Crippen molar-refractivity contribution in [2.24, 2.45) is 0 Å². The molecular weight excluding hydrogens is 380 g/mol. The van der Waals surface area contributed by atoms with Crippen LogP contribution in [0, 0.1) is 11.3 Å². The molecule has 0 radical (unpaired) electrons. The van der Waals surface area contributed by atoms with Crippen LogP contribution in [0.5, 0.6) is 0 Å². The molecule has 3 rings (SSSR count). The molecule has 140 valence electrons. The lowest BCUT2D eigenvalue weighted by Crippen LogP contribution is -2.42. The minimum atomic E-state index is -3.08. The number of para-hydroxylation sites is 1. The molecule has 27 heavy (non-hydrogen) atoms. The van der Waals surface area contributed by atoms with Crippen LogP contribution in [0.25, 0.3) is 0 Å². The van der Waals surface area contributed by atoms with Crippen molar-refractivity contribution in [2.45, 2.75) is 18.2 Å². The Kier molecular flexibility index (Phi) is 6.19. The normalized spacial score (nSPS) is 18.0. The van der Waals surface area contributed by atoms with Gasteiger partial charge in [0, 0.05) is 11.4 Å². The topological polar surface area (TPSA) is 78.2 Å². The van der Waals surface area contributed by atoms with Gasteiger partial charge >= 0.3 is 0 Å². The molecule has 1 saturated heterocycles. The highest BCUT2D eigenvalue weighted by molar-refractivity contribution is 7.99. The molecule has 1 aliphatic rings. The molecule has 7 heteroatoms. The predicted molar refractivity (Wildman–Crippen MR) is 108 cm³/mol. The Hall–Kier alpha value is -2.30. The van der Waals surface area contributed by atoms with Crippen LogP contribution in [0.1, 0.15) is 17.5 Å². The van der Waals surface area contributed by atoms with Gasteiger partial charge in [0.15, 0.2) is 9.84 Å². The fourth-order valence-corrected chi connectivity index (χ4v) is 5.71. The van der Waals surface area contributed by atoms with Gasteiger partial charge in [-0.15, -0.1) is 11.8 Å². The maximum absolute atomic E-state index is 12.9. The third kappa shape index (κ3) is 5.12. The van der Waals surface area contributed by atoms with Gasteiger partial charge in [0.1, 0.15) is 0 Å². The van der Waals surface area contributed by atoms with Crippen molar-refractivity contribution >= 4 is 33.2 Å². The maximum atomic E-state index is 12.9. The molecule has 0 spiro atoms. The number of carbonyl (C=O) groups excluding carboxylic acids is 1. The first kappa shape index (κ1) is 19.5. The van der Waals surface area contributed by atoms with E-state index in [1.165, 1.54) is 11.8 Å². The summed E-state index contributed by atoms with van der Waals surface area (Å²) in [7, 11) is -3.08. The molecule has 1 heterocycles. The lowest BCUT2D eigenvalue weighted by atomic mass is 10.2. The molecule has 0 bridgehead atoms. The number of rotatable bonds is 6. The highest BCUT2D eigenvalue weighted by Crippen LogP contribution is 2.26. The van der Waals surface area contributed by atoms with Crippen LogP contribution in [0.15, 0.2) is 54.6 Å². The summed E-state index contributed by atoms with van der Waals surface area (Å²) >= 11 is 1.47. The Morgan fingerprint density at radius 1 is 1.19 bits per heavy atom. The number of nitrogens with zero attached hydrogens (tertiary/aromatic N) is 2. The summed E-state index contributed by atoms with van der Waals surface area (Å²) in [6.07, 6.45) is 0.470. The van der Waals surface area contributed by atoms with Crippen molar-refractivity contribution in [1.82, 2.24) is 0 Å². The van der Waals surface area contributed by atoms with E-state index in [2.05, 4.69) is 6.07 Å². The molecule has 0 unspecified atom stereocenters. The average Bonchev–Trinajstić information content (AvgIpc) is 3.02. The summed E-state index contributed by atoms with van der Waals surface area (Å²) < 4.78 is 23.8. The van der Waals surface area contributed by atoms with Crippen LogP contribution in [-0.4, -0.2) is 37.6 Å². The second-order valence-electron chi connectivity index (χ2n) is 6.46. The van der Waals surface area contributed by atoms with Crippen molar-refractivity contribution in [3.8, 4) is 6.07 Å². The molecule has 0 aromatic heterocycles. The molecule has 1 aliphatic heterocycles. The van der Waals surface area contributed by atoms with E-state index in [-0.39, 0.29) is 29.2 Å². The molecule has 0 aliphatic carbocycles. The van der Waals surface area contributed by atoms with Crippen molar-refractivity contribution in [2.75, 3.05) is 22.2 Å². The number of hydrogen-bond acceptors (Lipinski definition) is 5. The quantitative estimate of drug-likeness (QED) is 0.745. The number of amides is 1. The summed E-state index contributed by atoms with van der Waals surface area (Å²) in [5, 5.41) is 8.97. The second-order valence-corrected chi connectivity index (χ2v) is 9.68. The van der Waals surface area contributed by atoms with Gasteiger partial charge in [-0.1, -0.05) is 30.3 Å². The Labute approximate surface area is 163 Å². The summed E-state index contributed by atoms with van der Waals surface area (Å²) in [6.45, 7) is 0. The minimum Gasteiger partial charge on any atom is -0.308 e. The van der Waals surface area contributed by atoms with E-state index in [4.69, 9.17) is 5.26 Å². The van der Waals surface area contributed by atoms with Crippen LogP contribution in [0.4, 0.5) is 5.69 Å². The van der Waals surface area contributed by atoms with E-state index in [0.717, 1.165) is 11.3 Å². The fourth-order valence-electron chi connectivity index (χ4n) is 3.18. The molecule has 0 N–H and O–H groups in total. The Morgan fingerprint density at radius 2 is 1.96 bits per heavy atom. The van der Waals surface area contributed by atoms with Gasteiger partial charge in [-0.25, -0.2) is 8.42 Å². The number of thioether (sulfide) groups is 1. The van der Waals surface area contributed by atoms with Crippen LogP contribution < -0.4 is 4.90 Å². The van der Waals surface area contributed by atoms with Gasteiger partial charge in [0.05, 0.1) is 34.9 Å². The van der Waals surface area contributed by atoms with Gasteiger partial charge < -0.3 is 4.90 Å². The van der Waals surface area contributed by atoms with Crippen molar-refractivity contribution in [3.05, 3.63) is 65.7 Å².